The lowest BCUT2D eigenvalue weighted by molar-refractivity contribution is -0.388. The minimum Gasteiger partial charge on any atom is -0.392 e. The van der Waals surface area contributed by atoms with Crippen molar-refractivity contribution < 1.29 is 4.92 Å². The monoisotopic (exact) mass is 187 g/mol. The molecule has 0 amide bonds. The molecule has 0 atom stereocenters. The Bertz CT molecular complexity index is 340. The number of aromatic nitrogens is 1. The van der Waals surface area contributed by atoms with Crippen molar-refractivity contribution in [2.75, 3.05) is 5.73 Å². The van der Waals surface area contributed by atoms with E-state index >= 15 is 0 Å². The summed E-state index contributed by atoms with van der Waals surface area (Å²) in [6, 6.07) is 1.42. The van der Waals surface area contributed by atoms with Crippen molar-refractivity contribution in [2.24, 2.45) is 0 Å². The highest BCUT2D eigenvalue weighted by Crippen LogP contribution is 2.23. The molecule has 1 aromatic heterocycles. The van der Waals surface area contributed by atoms with Crippen LogP contribution in [0.25, 0.3) is 0 Å². The van der Waals surface area contributed by atoms with Gasteiger partial charge < -0.3 is 15.8 Å². The Hall–Kier alpha value is -1.36. The molecule has 1 aromatic rings. The molecule has 0 radical (unpaired) electrons. The summed E-state index contributed by atoms with van der Waals surface area (Å²) in [5, 5.41) is 10.4. The molecule has 64 valence electrons. The number of nitrogens with two attached hydrogens (primary N) is 1. The van der Waals surface area contributed by atoms with Gasteiger partial charge in [-0.3, -0.25) is 0 Å². The van der Waals surface area contributed by atoms with E-state index in [0.29, 0.717) is 5.56 Å². The molecule has 12 heavy (non-hydrogen) atoms. The Morgan fingerprint density at radius 3 is 2.83 bits per heavy atom. The third-order valence-electron chi connectivity index (χ3n) is 1.33. The van der Waals surface area contributed by atoms with Crippen LogP contribution >= 0.6 is 11.6 Å². The fourth-order valence-electron chi connectivity index (χ4n) is 0.749. The van der Waals surface area contributed by atoms with Crippen LogP contribution in [0.1, 0.15) is 5.56 Å². The van der Waals surface area contributed by atoms with E-state index in [-0.39, 0.29) is 10.8 Å². The SMILES string of the molecule is Cc1cc(N)c([N+](=O)[O-])nc1Cl. The highest BCUT2D eigenvalue weighted by atomic mass is 35.5. The fraction of sp³-hybridized carbons (Fsp3) is 0.167. The molecule has 0 saturated heterocycles. The summed E-state index contributed by atoms with van der Waals surface area (Å²) in [5.41, 5.74) is 5.98. The summed E-state index contributed by atoms with van der Waals surface area (Å²) < 4.78 is 0. The maximum atomic E-state index is 10.3. The molecule has 0 spiro atoms. The Morgan fingerprint density at radius 1 is 1.75 bits per heavy atom. The summed E-state index contributed by atoms with van der Waals surface area (Å²) in [6.07, 6.45) is 0. The number of nitrogens with zero attached hydrogens (tertiary/aromatic N) is 2. The zero-order valence-electron chi connectivity index (χ0n) is 6.24. The zero-order chi connectivity index (χ0) is 9.30. The Balaban J connectivity index is 3.33. The smallest absolute Gasteiger partial charge is 0.388 e. The summed E-state index contributed by atoms with van der Waals surface area (Å²) in [6.45, 7) is 1.68. The molecule has 1 heterocycles. The van der Waals surface area contributed by atoms with Gasteiger partial charge in [-0.1, -0.05) is 0 Å². The number of halogens is 1. The minimum atomic E-state index is -0.666. The van der Waals surface area contributed by atoms with Gasteiger partial charge in [0.25, 0.3) is 0 Å². The standard InChI is InChI=1S/C6H6ClN3O2/c1-3-2-4(8)6(10(11)12)9-5(3)7/h2H,8H2,1H3. The van der Waals surface area contributed by atoms with Gasteiger partial charge in [0.15, 0.2) is 0 Å². The third kappa shape index (κ3) is 1.45. The highest BCUT2D eigenvalue weighted by Gasteiger charge is 2.16. The van der Waals surface area contributed by atoms with Crippen LogP contribution in [-0.2, 0) is 0 Å². The molecule has 0 fully saturated rings. The van der Waals surface area contributed by atoms with Crippen LogP contribution < -0.4 is 5.73 Å². The lowest BCUT2D eigenvalue weighted by atomic mass is 10.3. The molecule has 6 heteroatoms. The molecule has 0 aliphatic heterocycles. The van der Waals surface area contributed by atoms with Gasteiger partial charge in [-0.05, 0) is 34.5 Å². The first-order valence-electron chi connectivity index (χ1n) is 3.09. The van der Waals surface area contributed by atoms with Crippen LogP contribution in [0, 0.1) is 17.0 Å². The Kier molecular flexibility index (Phi) is 2.14. The number of nitrogen functional groups attached to an aromatic ring is 1. The van der Waals surface area contributed by atoms with Gasteiger partial charge in [0.2, 0.25) is 5.15 Å². The average Bonchev–Trinajstić information content (AvgIpc) is 1.96. The second-order valence-electron chi connectivity index (χ2n) is 2.27. The van der Waals surface area contributed by atoms with Crippen LogP contribution in [-0.4, -0.2) is 9.91 Å². The summed E-state index contributed by atoms with van der Waals surface area (Å²) >= 11 is 5.56. The minimum absolute atomic E-state index is 0.0295. The van der Waals surface area contributed by atoms with Crippen molar-refractivity contribution in [3.05, 3.63) is 26.9 Å². The summed E-state index contributed by atoms with van der Waals surface area (Å²) in [5.74, 6) is -0.398. The van der Waals surface area contributed by atoms with Crippen molar-refractivity contribution in [1.29, 1.82) is 0 Å². The highest BCUT2D eigenvalue weighted by molar-refractivity contribution is 6.30. The van der Waals surface area contributed by atoms with Crippen molar-refractivity contribution in [2.45, 2.75) is 6.92 Å². The van der Waals surface area contributed by atoms with Crippen LogP contribution in [0.15, 0.2) is 6.07 Å². The van der Waals surface area contributed by atoms with Gasteiger partial charge in [-0.15, -0.1) is 0 Å². The maximum absolute atomic E-state index is 10.3. The predicted octanol–water partition coefficient (Wildman–Crippen LogP) is 1.53. The first kappa shape index (κ1) is 8.73. The van der Waals surface area contributed by atoms with Gasteiger partial charge >= 0.3 is 5.82 Å². The van der Waals surface area contributed by atoms with E-state index in [0.717, 1.165) is 0 Å². The van der Waals surface area contributed by atoms with Crippen LogP contribution in [0.4, 0.5) is 11.5 Å². The number of anilines is 1. The summed E-state index contributed by atoms with van der Waals surface area (Å²) in [4.78, 5) is 13.1. The Morgan fingerprint density at radius 2 is 2.33 bits per heavy atom. The predicted molar refractivity (Wildman–Crippen MR) is 45.1 cm³/mol. The molecule has 0 saturated carbocycles. The van der Waals surface area contributed by atoms with Gasteiger partial charge in [0.1, 0.15) is 5.69 Å². The van der Waals surface area contributed by atoms with Gasteiger partial charge in [-0.25, -0.2) is 0 Å². The van der Waals surface area contributed by atoms with E-state index in [9.17, 15) is 10.1 Å². The molecule has 0 aliphatic carbocycles. The largest absolute Gasteiger partial charge is 0.392 e. The number of pyridine rings is 1. The second-order valence-corrected chi connectivity index (χ2v) is 2.62. The van der Waals surface area contributed by atoms with Crippen LogP contribution in [0.2, 0.25) is 5.15 Å². The topological polar surface area (TPSA) is 82.0 Å². The van der Waals surface area contributed by atoms with E-state index in [1.165, 1.54) is 6.07 Å². The van der Waals surface area contributed by atoms with E-state index < -0.39 is 10.7 Å². The number of nitro groups is 1. The molecule has 0 unspecified atom stereocenters. The van der Waals surface area contributed by atoms with Gasteiger partial charge in [0, 0.05) is 5.56 Å². The number of aryl methyl sites for hydroxylation is 1. The van der Waals surface area contributed by atoms with E-state index in [2.05, 4.69) is 4.98 Å². The lowest BCUT2D eigenvalue weighted by Crippen LogP contribution is -1.99. The van der Waals surface area contributed by atoms with Gasteiger partial charge in [0.05, 0.1) is 0 Å². The first-order valence-corrected chi connectivity index (χ1v) is 3.47. The second kappa shape index (κ2) is 2.94. The van der Waals surface area contributed by atoms with Crippen molar-refractivity contribution in [3.63, 3.8) is 0 Å². The van der Waals surface area contributed by atoms with Crippen LogP contribution in [0.5, 0.6) is 0 Å². The van der Waals surface area contributed by atoms with Gasteiger partial charge in [-0.2, -0.15) is 0 Å². The lowest BCUT2D eigenvalue weighted by Gasteiger charge is -1.97. The van der Waals surface area contributed by atoms with Crippen molar-refractivity contribution >= 4 is 23.1 Å². The molecule has 2 N–H and O–H groups in total. The number of rotatable bonds is 1. The normalized spacial score (nSPS) is 9.83. The molecular formula is C6H6ClN3O2. The fourth-order valence-corrected chi connectivity index (χ4v) is 0.884. The molecule has 1 rings (SSSR count). The van der Waals surface area contributed by atoms with E-state index in [4.69, 9.17) is 17.3 Å². The van der Waals surface area contributed by atoms with E-state index in [1.54, 1.807) is 6.92 Å². The van der Waals surface area contributed by atoms with Crippen molar-refractivity contribution in [1.82, 2.24) is 4.98 Å². The molecule has 0 aromatic carbocycles. The molecule has 0 bridgehead atoms. The quantitative estimate of drug-likeness (QED) is 0.411. The zero-order valence-corrected chi connectivity index (χ0v) is 7.00. The van der Waals surface area contributed by atoms with Crippen molar-refractivity contribution in [3.8, 4) is 0 Å². The Labute approximate surface area is 73.3 Å². The van der Waals surface area contributed by atoms with Crippen LogP contribution in [0.3, 0.4) is 0 Å². The molecule has 0 aliphatic rings. The maximum Gasteiger partial charge on any atom is 0.388 e. The third-order valence-corrected chi connectivity index (χ3v) is 1.72. The van der Waals surface area contributed by atoms with E-state index in [1.807, 2.05) is 0 Å². The number of hydrogen-bond acceptors (Lipinski definition) is 4. The number of hydrogen-bond donors (Lipinski definition) is 1. The summed E-state index contributed by atoms with van der Waals surface area (Å²) in [7, 11) is 0. The average molecular weight is 188 g/mol. The first-order chi connectivity index (χ1) is 5.52. The molecule has 5 nitrogen and oxygen atoms in total. The molecular weight excluding hydrogens is 182 g/mol.